The van der Waals surface area contributed by atoms with Crippen molar-refractivity contribution in [2.24, 2.45) is 0 Å². The fourth-order valence-corrected chi connectivity index (χ4v) is 3.60. The maximum absolute atomic E-state index is 10.6. The average molecular weight is 352 g/mol. The van der Waals surface area contributed by atoms with Gasteiger partial charge in [0.15, 0.2) is 0 Å². The minimum Gasteiger partial charge on any atom is -0.478 e. The lowest BCUT2D eigenvalue weighted by Gasteiger charge is -2.38. The van der Waals surface area contributed by atoms with Crippen LogP contribution in [0, 0.1) is 0 Å². The van der Waals surface area contributed by atoms with Gasteiger partial charge in [0.25, 0.3) is 0 Å². The highest BCUT2D eigenvalue weighted by atomic mass is 79.9. The third kappa shape index (κ3) is 4.34. The molecule has 1 fully saturated rings. The van der Waals surface area contributed by atoms with Crippen LogP contribution in [0.15, 0.2) is 28.7 Å². The topological polar surface area (TPSA) is 40.5 Å². The molecule has 0 radical (unpaired) electrons. The Morgan fingerprint density at radius 3 is 2.95 bits per heavy atom. The van der Waals surface area contributed by atoms with Crippen molar-refractivity contribution in [2.75, 3.05) is 11.4 Å². The molecule has 1 atom stereocenters. The van der Waals surface area contributed by atoms with Gasteiger partial charge in [0.1, 0.15) is 0 Å². The predicted molar refractivity (Wildman–Crippen MR) is 90.7 cm³/mol. The molecule has 0 saturated carbocycles. The predicted octanol–water partition coefficient (Wildman–Crippen LogP) is 4.71. The zero-order valence-electron chi connectivity index (χ0n) is 12.4. The molecule has 1 heterocycles. The molecule has 1 aromatic rings. The number of rotatable bonds is 5. The van der Waals surface area contributed by atoms with Gasteiger partial charge in [-0.2, -0.15) is 0 Å². The summed E-state index contributed by atoms with van der Waals surface area (Å²) in [7, 11) is 0. The average Bonchev–Trinajstić information content (AvgIpc) is 2.46. The summed E-state index contributed by atoms with van der Waals surface area (Å²) >= 11 is 3.65. The van der Waals surface area contributed by atoms with Crippen molar-refractivity contribution >= 4 is 33.7 Å². The van der Waals surface area contributed by atoms with Gasteiger partial charge in [-0.15, -0.1) is 0 Å². The standard InChI is InChI=1S/C17H22BrNO2/c1-2-5-14-6-3-4-11-19(14)16-9-7-13(12-15(16)18)8-10-17(20)21/h7-10,12,14H,2-6,11H2,1H3,(H,20,21)/b10-8+. The van der Waals surface area contributed by atoms with Crippen molar-refractivity contribution in [3.05, 3.63) is 34.3 Å². The zero-order chi connectivity index (χ0) is 15.2. The van der Waals surface area contributed by atoms with Crippen LogP contribution in [0.1, 0.15) is 44.6 Å². The molecule has 4 heteroatoms. The van der Waals surface area contributed by atoms with Crippen LogP contribution < -0.4 is 4.90 Å². The van der Waals surface area contributed by atoms with E-state index >= 15 is 0 Å². The SMILES string of the molecule is CCCC1CCCCN1c1ccc(/C=C/C(=O)O)cc1Br. The number of aliphatic carboxylic acids is 1. The van der Waals surface area contributed by atoms with E-state index in [1.807, 2.05) is 12.1 Å². The first-order chi connectivity index (χ1) is 10.1. The van der Waals surface area contributed by atoms with Crippen LogP contribution in [0.2, 0.25) is 0 Å². The molecule has 0 bridgehead atoms. The van der Waals surface area contributed by atoms with Crippen LogP contribution in [0.25, 0.3) is 6.08 Å². The van der Waals surface area contributed by atoms with E-state index in [9.17, 15) is 4.79 Å². The minimum absolute atomic E-state index is 0.625. The van der Waals surface area contributed by atoms with Crippen molar-refractivity contribution in [2.45, 2.75) is 45.1 Å². The Hall–Kier alpha value is -1.29. The largest absolute Gasteiger partial charge is 0.478 e. The lowest BCUT2D eigenvalue weighted by atomic mass is 9.97. The van der Waals surface area contributed by atoms with E-state index in [1.54, 1.807) is 6.08 Å². The number of piperidine rings is 1. The molecule has 2 rings (SSSR count). The summed E-state index contributed by atoms with van der Waals surface area (Å²) in [5, 5.41) is 8.69. The fraction of sp³-hybridized carbons (Fsp3) is 0.471. The monoisotopic (exact) mass is 351 g/mol. The second-order valence-corrected chi connectivity index (χ2v) is 6.37. The number of anilines is 1. The molecular formula is C17H22BrNO2. The van der Waals surface area contributed by atoms with Gasteiger partial charge in [-0.1, -0.05) is 19.4 Å². The summed E-state index contributed by atoms with van der Waals surface area (Å²) < 4.78 is 1.04. The van der Waals surface area contributed by atoms with Crippen molar-refractivity contribution < 1.29 is 9.90 Å². The van der Waals surface area contributed by atoms with Gasteiger partial charge in [0.2, 0.25) is 0 Å². The molecule has 1 aliphatic rings. The number of carboxylic acid groups (broad SMARTS) is 1. The Morgan fingerprint density at radius 1 is 1.48 bits per heavy atom. The van der Waals surface area contributed by atoms with E-state index in [-0.39, 0.29) is 0 Å². The Bertz CT molecular complexity index is 526. The van der Waals surface area contributed by atoms with Crippen molar-refractivity contribution in [3.8, 4) is 0 Å². The number of carbonyl (C=O) groups is 1. The molecule has 0 aromatic heterocycles. The Labute approximate surface area is 134 Å². The molecule has 1 aromatic carbocycles. The van der Waals surface area contributed by atoms with Crippen LogP contribution in [-0.2, 0) is 4.79 Å². The number of hydrogen-bond acceptors (Lipinski definition) is 2. The van der Waals surface area contributed by atoms with Crippen LogP contribution >= 0.6 is 15.9 Å². The van der Waals surface area contributed by atoms with Gasteiger partial charge >= 0.3 is 5.97 Å². The molecule has 0 amide bonds. The van der Waals surface area contributed by atoms with Crippen LogP contribution in [0.5, 0.6) is 0 Å². The summed E-state index contributed by atoms with van der Waals surface area (Å²) in [6.07, 6.45) is 9.05. The van der Waals surface area contributed by atoms with Crippen molar-refractivity contribution in [3.63, 3.8) is 0 Å². The molecule has 1 unspecified atom stereocenters. The van der Waals surface area contributed by atoms with Crippen molar-refractivity contribution in [1.29, 1.82) is 0 Å². The molecule has 0 spiro atoms. The number of hydrogen-bond donors (Lipinski definition) is 1. The highest BCUT2D eigenvalue weighted by Gasteiger charge is 2.23. The molecule has 114 valence electrons. The Morgan fingerprint density at radius 2 is 2.29 bits per heavy atom. The van der Waals surface area contributed by atoms with E-state index in [4.69, 9.17) is 5.11 Å². The van der Waals surface area contributed by atoms with Gasteiger partial charge in [-0.05, 0) is 65.4 Å². The summed E-state index contributed by atoms with van der Waals surface area (Å²) in [6.45, 7) is 3.34. The molecule has 3 nitrogen and oxygen atoms in total. The first kappa shape index (κ1) is 16.1. The molecular weight excluding hydrogens is 330 g/mol. The molecule has 21 heavy (non-hydrogen) atoms. The van der Waals surface area contributed by atoms with Gasteiger partial charge in [-0.25, -0.2) is 4.79 Å². The maximum Gasteiger partial charge on any atom is 0.328 e. The zero-order valence-corrected chi connectivity index (χ0v) is 14.0. The van der Waals surface area contributed by atoms with E-state index in [2.05, 4.69) is 33.8 Å². The smallest absolute Gasteiger partial charge is 0.328 e. The third-order valence-corrected chi connectivity index (χ3v) is 4.58. The molecule has 1 N–H and O–H groups in total. The number of benzene rings is 1. The maximum atomic E-state index is 10.6. The summed E-state index contributed by atoms with van der Waals surface area (Å²) in [5.74, 6) is -0.922. The lowest BCUT2D eigenvalue weighted by molar-refractivity contribution is -0.131. The van der Waals surface area contributed by atoms with Gasteiger partial charge in [-0.3, -0.25) is 0 Å². The third-order valence-electron chi connectivity index (χ3n) is 3.95. The number of nitrogens with zero attached hydrogens (tertiary/aromatic N) is 1. The molecule has 1 aliphatic heterocycles. The van der Waals surface area contributed by atoms with E-state index in [0.29, 0.717) is 6.04 Å². The lowest BCUT2D eigenvalue weighted by Crippen LogP contribution is -2.39. The van der Waals surface area contributed by atoms with E-state index in [0.717, 1.165) is 16.6 Å². The summed E-state index contributed by atoms with van der Waals surface area (Å²) in [4.78, 5) is 13.1. The highest BCUT2D eigenvalue weighted by Crippen LogP contribution is 2.33. The van der Waals surface area contributed by atoms with Gasteiger partial charge < -0.3 is 10.0 Å². The van der Waals surface area contributed by atoms with E-state index in [1.165, 1.54) is 43.9 Å². The van der Waals surface area contributed by atoms with Crippen LogP contribution in [0.4, 0.5) is 5.69 Å². The quantitative estimate of drug-likeness (QED) is 0.781. The van der Waals surface area contributed by atoms with Crippen LogP contribution in [0.3, 0.4) is 0 Å². The first-order valence-electron chi connectivity index (χ1n) is 7.59. The summed E-state index contributed by atoms with van der Waals surface area (Å²) in [5.41, 5.74) is 2.12. The second kappa shape index (κ2) is 7.64. The van der Waals surface area contributed by atoms with Gasteiger partial charge in [0.05, 0.1) is 5.69 Å². The highest BCUT2D eigenvalue weighted by molar-refractivity contribution is 9.10. The fourth-order valence-electron chi connectivity index (χ4n) is 2.98. The Kier molecular flexibility index (Phi) is 5.85. The van der Waals surface area contributed by atoms with E-state index < -0.39 is 5.97 Å². The normalized spacial score (nSPS) is 19.1. The molecule has 0 aliphatic carbocycles. The minimum atomic E-state index is -0.922. The second-order valence-electron chi connectivity index (χ2n) is 5.51. The van der Waals surface area contributed by atoms with Crippen molar-refractivity contribution in [1.82, 2.24) is 0 Å². The van der Waals surface area contributed by atoms with Crippen LogP contribution in [-0.4, -0.2) is 23.7 Å². The Balaban J connectivity index is 2.20. The number of carboxylic acids is 1. The number of halogens is 1. The first-order valence-corrected chi connectivity index (χ1v) is 8.38. The van der Waals surface area contributed by atoms with Gasteiger partial charge in [0, 0.05) is 23.1 Å². The molecule has 1 saturated heterocycles. The summed E-state index contributed by atoms with van der Waals surface area (Å²) in [6, 6.07) is 6.70.